The molecule has 4 N–H and O–H groups in total. The van der Waals surface area contributed by atoms with Crippen LogP contribution < -0.4 is 11.1 Å². The van der Waals surface area contributed by atoms with E-state index in [2.05, 4.69) is 12.2 Å². The molecule has 0 bridgehead atoms. The fourth-order valence-corrected chi connectivity index (χ4v) is 1.65. The van der Waals surface area contributed by atoms with E-state index in [-0.39, 0.29) is 6.61 Å². The van der Waals surface area contributed by atoms with Crippen LogP contribution in [0.1, 0.15) is 13.3 Å². The fourth-order valence-electron chi connectivity index (χ4n) is 1.00. The fraction of sp³-hybridized carbons (Fsp3) is 1.00. The number of thioether (sulfide) groups is 1. The zero-order chi connectivity index (χ0) is 9.40. The van der Waals surface area contributed by atoms with E-state index >= 15 is 0 Å². The molecule has 0 saturated heterocycles. The normalized spacial score (nSPS) is 16.0. The Morgan fingerprint density at radius 1 is 1.58 bits per heavy atom. The highest BCUT2D eigenvalue weighted by molar-refractivity contribution is 7.99. The summed E-state index contributed by atoms with van der Waals surface area (Å²) in [6, 6.07) is 0.358. The lowest BCUT2D eigenvalue weighted by Crippen LogP contribution is -2.38. The number of aliphatic hydroxyl groups is 1. The Kier molecular flexibility index (Phi) is 8.01. The van der Waals surface area contributed by atoms with Crippen LogP contribution in [0.3, 0.4) is 0 Å². The van der Waals surface area contributed by atoms with Gasteiger partial charge in [-0.25, -0.2) is 0 Å². The molecule has 0 aromatic rings. The number of nitrogens with one attached hydrogen (secondary N) is 1. The van der Waals surface area contributed by atoms with E-state index in [9.17, 15) is 0 Å². The summed E-state index contributed by atoms with van der Waals surface area (Å²) in [5.41, 5.74) is 5.36. The molecule has 0 aliphatic heterocycles. The number of hydrogen-bond acceptors (Lipinski definition) is 4. The van der Waals surface area contributed by atoms with Crippen molar-refractivity contribution in [2.45, 2.75) is 24.6 Å². The Morgan fingerprint density at radius 2 is 2.25 bits per heavy atom. The zero-order valence-corrected chi connectivity index (χ0v) is 8.73. The predicted octanol–water partition coefficient (Wildman–Crippen LogP) is 0.0372. The van der Waals surface area contributed by atoms with Gasteiger partial charge in [0, 0.05) is 11.3 Å². The standard InChI is InChI=1S/C8H20N2OS/c1-7(8(6-11)12-2)10-5-3-4-9/h7-8,10-11H,3-6,9H2,1-2H3. The summed E-state index contributed by atoms with van der Waals surface area (Å²) >= 11 is 1.69. The second-order valence-corrected chi connectivity index (χ2v) is 3.92. The van der Waals surface area contributed by atoms with Crippen LogP contribution in [-0.4, -0.2) is 42.4 Å². The van der Waals surface area contributed by atoms with Crippen molar-refractivity contribution in [3.8, 4) is 0 Å². The van der Waals surface area contributed by atoms with Crippen molar-refractivity contribution in [2.24, 2.45) is 5.73 Å². The van der Waals surface area contributed by atoms with Crippen LogP contribution in [-0.2, 0) is 0 Å². The Bertz CT molecular complexity index is 99.1. The molecule has 0 amide bonds. The molecule has 4 heteroatoms. The first-order valence-electron chi connectivity index (χ1n) is 4.33. The number of aliphatic hydroxyl groups excluding tert-OH is 1. The topological polar surface area (TPSA) is 58.3 Å². The van der Waals surface area contributed by atoms with Gasteiger partial charge in [-0.3, -0.25) is 0 Å². The predicted molar refractivity (Wildman–Crippen MR) is 55.5 cm³/mol. The molecule has 0 heterocycles. The average Bonchev–Trinajstić information content (AvgIpc) is 2.07. The summed E-state index contributed by atoms with van der Waals surface area (Å²) in [6.07, 6.45) is 3.01. The molecule has 0 aromatic heterocycles. The molecule has 0 aliphatic carbocycles. The van der Waals surface area contributed by atoms with Crippen LogP contribution in [0.2, 0.25) is 0 Å². The quantitative estimate of drug-likeness (QED) is 0.498. The minimum atomic E-state index is 0.234. The van der Waals surface area contributed by atoms with Gasteiger partial charge in [0.25, 0.3) is 0 Å². The second-order valence-electron chi connectivity index (χ2n) is 2.84. The first-order chi connectivity index (χ1) is 5.76. The Morgan fingerprint density at radius 3 is 2.67 bits per heavy atom. The molecule has 0 aliphatic rings. The van der Waals surface area contributed by atoms with Crippen molar-refractivity contribution in [2.75, 3.05) is 26.0 Å². The van der Waals surface area contributed by atoms with Gasteiger partial charge in [-0.05, 0) is 32.7 Å². The van der Waals surface area contributed by atoms with E-state index in [1.807, 2.05) is 6.26 Å². The van der Waals surface area contributed by atoms with Gasteiger partial charge in [0.15, 0.2) is 0 Å². The summed E-state index contributed by atoms with van der Waals surface area (Å²) in [7, 11) is 0. The number of hydrogen-bond donors (Lipinski definition) is 3. The maximum absolute atomic E-state index is 8.97. The van der Waals surface area contributed by atoms with Crippen LogP contribution >= 0.6 is 11.8 Å². The van der Waals surface area contributed by atoms with Crippen molar-refractivity contribution in [1.29, 1.82) is 0 Å². The van der Waals surface area contributed by atoms with Crippen molar-refractivity contribution in [3.63, 3.8) is 0 Å². The average molecular weight is 192 g/mol. The molecule has 2 unspecified atom stereocenters. The van der Waals surface area contributed by atoms with Gasteiger partial charge in [0.05, 0.1) is 6.61 Å². The summed E-state index contributed by atoms with van der Waals surface area (Å²) in [5, 5.41) is 12.6. The molecule has 0 rings (SSSR count). The third-order valence-corrected chi connectivity index (χ3v) is 3.05. The minimum absolute atomic E-state index is 0.234. The largest absolute Gasteiger partial charge is 0.395 e. The first kappa shape index (κ1) is 12.2. The molecule has 0 radical (unpaired) electrons. The highest BCUT2D eigenvalue weighted by Gasteiger charge is 2.13. The number of nitrogens with two attached hydrogens (primary N) is 1. The van der Waals surface area contributed by atoms with Gasteiger partial charge in [-0.1, -0.05) is 0 Å². The number of rotatable bonds is 7. The van der Waals surface area contributed by atoms with E-state index in [1.54, 1.807) is 11.8 Å². The SMILES string of the molecule is CSC(CO)C(C)NCCCN. The molecule has 0 aromatic carbocycles. The maximum Gasteiger partial charge on any atom is 0.0564 e. The van der Waals surface area contributed by atoms with Gasteiger partial charge in [-0.15, -0.1) is 0 Å². The van der Waals surface area contributed by atoms with E-state index in [1.165, 1.54) is 0 Å². The van der Waals surface area contributed by atoms with Gasteiger partial charge in [-0.2, -0.15) is 11.8 Å². The molecule has 12 heavy (non-hydrogen) atoms. The Balaban J connectivity index is 3.47. The molecular formula is C8H20N2OS. The zero-order valence-electron chi connectivity index (χ0n) is 7.92. The Labute approximate surface area is 79.1 Å². The molecular weight excluding hydrogens is 172 g/mol. The lowest BCUT2D eigenvalue weighted by molar-refractivity contribution is 0.276. The van der Waals surface area contributed by atoms with Gasteiger partial charge in [0.2, 0.25) is 0 Å². The third kappa shape index (κ3) is 4.98. The van der Waals surface area contributed by atoms with Crippen molar-refractivity contribution >= 4 is 11.8 Å². The van der Waals surface area contributed by atoms with E-state index < -0.39 is 0 Å². The second kappa shape index (κ2) is 7.86. The van der Waals surface area contributed by atoms with E-state index in [4.69, 9.17) is 10.8 Å². The summed E-state index contributed by atoms with van der Waals surface area (Å²) in [6.45, 7) is 3.99. The van der Waals surface area contributed by atoms with Crippen molar-refractivity contribution in [1.82, 2.24) is 5.32 Å². The summed E-state index contributed by atoms with van der Waals surface area (Å²) in [4.78, 5) is 0. The van der Waals surface area contributed by atoms with Crippen LogP contribution in [0.4, 0.5) is 0 Å². The molecule has 0 spiro atoms. The molecule has 3 nitrogen and oxygen atoms in total. The van der Waals surface area contributed by atoms with Crippen LogP contribution in [0.5, 0.6) is 0 Å². The van der Waals surface area contributed by atoms with Crippen LogP contribution in [0.25, 0.3) is 0 Å². The monoisotopic (exact) mass is 192 g/mol. The third-order valence-electron chi connectivity index (χ3n) is 1.89. The molecule has 2 atom stereocenters. The minimum Gasteiger partial charge on any atom is -0.395 e. The van der Waals surface area contributed by atoms with E-state index in [0.29, 0.717) is 11.3 Å². The molecule has 74 valence electrons. The molecule has 0 fully saturated rings. The lowest BCUT2D eigenvalue weighted by Gasteiger charge is -2.21. The Hall–Kier alpha value is 0.230. The smallest absolute Gasteiger partial charge is 0.0564 e. The van der Waals surface area contributed by atoms with E-state index in [0.717, 1.165) is 19.5 Å². The maximum atomic E-state index is 8.97. The lowest BCUT2D eigenvalue weighted by atomic mass is 10.2. The van der Waals surface area contributed by atoms with Crippen LogP contribution in [0, 0.1) is 0 Å². The van der Waals surface area contributed by atoms with Gasteiger partial charge < -0.3 is 16.2 Å². The molecule has 0 saturated carbocycles. The summed E-state index contributed by atoms with van der Waals surface area (Å²) < 4.78 is 0. The first-order valence-corrected chi connectivity index (χ1v) is 5.62. The van der Waals surface area contributed by atoms with Crippen LogP contribution in [0.15, 0.2) is 0 Å². The van der Waals surface area contributed by atoms with Crippen molar-refractivity contribution < 1.29 is 5.11 Å². The highest BCUT2D eigenvalue weighted by Crippen LogP contribution is 2.09. The van der Waals surface area contributed by atoms with Crippen molar-refractivity contribution in [3.05, 3.63) is 0 Å². The van der Waals surface area contributed by atoms with Gasteiger partial charge >= 0.3 is 0 Å². The van der Waals surface area contributed by atoms with Gasteiger partial charge in [0.1, 0.15) is 0 Å². The highest BCUT2D eigenvalue weighted by atomic mass is 32.2. The summed E-state index contributed by atoms with van der Waals surface area (Å²) in [5.74, 6) is 0.